The van der Waals surface area contributed by atoms with Crippen LogP contribution < -0.4 is 21.0 Å². The average molecular weight is 322 g/mol. The first-order valence-corrected chi connectivity index (χ1v) is 9.81. The zero-order chi connectivity index (χ0) is 16.5. The summed E-state index contributed by atoms with van der Waals surface area (Å²) in [5, 5.41) is 12.6. The van der Waals surface area contributed by atoms with Gasteiger partial charge in [-0.2, -0.15) is 7.11 Å². The largest absolute Gasteiger partial charge is 0.857 e. The molecular formula is C21H23OP. The van der Waals surface area contributed by atoms with Gasteiger partial charge in [-0.15, -0.1) is 0 Å². The van der Waals surface area contributed by atoms with Crippen molar-refractivity contribution in [3.63, 3.8) is 0 Å². The molecule has 0 aromatic heterocycles. The molecule has 0 spiro atoms. The molecule has 0 aliphatic heterocycles. The van der Waals surface area contributed by atoms with Crippen LogP contribution in [0.25, 0.3) is 0 Å². The number of rotatable bonds is 4. The lowest BCUT2D eigenvalue weighted by molar-refractivity contribution is -0.325. The lowest BCUT2D eigenvalue weighted by atomic mass is 10.4. The van der Waals surface area contributed by atoms with E-state index in [4.69, 9.17) is 5.11 Å². The molecule has 2 heteroatoms. The molecule has 3 aromatic carbocycles. The third kappa shape index (κ3) is 3.52. The first-order chi connectivity index (χ1) is 11.4. The summed E-state index contributed by atoms with van der Waals surface area (Å²) in [6, 6.07) is 33.0. The van der Waals surface area contributed by atoms with Gasteiger partial charge in [-0.1, -0.05) is 54.6 Å². The smallest absolute Gasteiger partial charge is 0.111 e. The molecule has 3 rings (SSSR count). The van der Waals surface area contributed by atoms with Crippen LogP contribution in [0.1, 0.15) is 6.92 Å². The van der Waals surface area contributed by atoms with E-state index in [0.717, 1.165) is 13.3 Å². The number of hydrogen-bond acceptors (Lipinski definition) is 1. The van der Waals surface area contributed by atoms with Gasteiger partial charge in [-0.05, 0) is 43.3 Å². The van der Waals surface area contributed by atoms with Crippen LogP contribution in [0, 0.1) is 0 Å². The van der Waals surface area contributed by atoms with Crippen LogP contribution in [0.5, 0.6) is 0 Å². The molecule has 118 valence electrons. The Balaban J connectivity index is 0.000000924. The maximum absolute atomic E-state index is 8.25. The molecule has 3 aromatic rings. The van der Waals surface area contributed by atoms with Crippen molar-refractivity contribution in [3.8, 4) is 0 Å². The summed E-state index contributed by atoms with van der Waals surface area (Å²) in [5.41, 5.74) is 0. The molecule has 0 fully saturated rings. The fourth-order valence-electron chi connectivity index (χ4n) is 3.04. The van der Waals surface area contributed by atoms with Crippen LogP contribution in [-0.4, -0.2) is 13.3 Å². The van der Waals surface area contributed by atoms with Gasteiger partial charge in [0.25, 0.3) is 0 Å². The van der Waals surface area contributed by atoms with Crippen molar-refractivity contribution in [2.75, 3.05) is 13.3 Å². The van der Waals surface area contributed by atoms with E-state index in [1.807, 2.05) is 0 Å². The van der Waals surface area contributed by atoms with Crippen LogP contribution in [0.3, 0.4) is 0 Å². The zero-order valence-electron chi connectivity index (χ0n) is 13.7. The van der Waals surface area contributed by atoms with Gasteiger partial charge in [0.15, 0.2) is 0 Å². The average Bonchev–Trinajstić information content (AvgIpc) is 2.67. The Kier molecular flexibility index (Phi) is 6.52. The third-order valence-corrected chi connectivity index (χ3v) is 8.55. The second-order valence-corrected chi connectivity index (χ2v) is 8.93. The van der Waals surface area contributed by atoms with Gasteiger partial charge in [0.1, 0.15) is 23.2 Å². The summed E-state index contributed by atoms with van der Waals surface area (Å²) in [7, 11) is -0.784. The van der Waals surface area contributed by atoms with Crippen molar-refractivity contribution in [2.45, 2.75) is 6.92 Å². The summed E-state index contributed by atoms with van der Waals surface area (Å²) >= 11 is 0. The Morgan fingerprint density at radius 2 is 0.826 bits per heavy atom. The molecule has 0 heterocycles. The molecule has 0 saturated carbocycles. The molecule has 0 saturated heterocycles. The molecule has 0 unspecified atom stereocenters. The van der Waals surface area contributed by atoms with E-state index in [0.29, 0.717) is 0 Å². The molecule has 0 bridgehead atoms. The highest BCUT2D eigenvalue weighted by molar-refractivity contribution is 7.95. The Morgan fingerprint density at radius 3 is 1.04 bits per heavy atom. The molecular weight excluding hydrogens is 299 g/mol. The minimum absolute atomic E-state index is 0.750. The van der Waals surface area contributed by atoms with E-state index in [1.54, 1.807) is 0 Å². The van der Waals surface area contributed by atoms with Gasteiger partial charge < -0.3 is 5.11 Å². The van der Waals surface area contributed by atoms with Gasteiger partial charge in [0.05, 0.1) is 6.16 Å². The van der Waals surface area contributed by atoms with E-state index < -0.39 is 7.26 Å². The quantitative estimate of drug-likeness (QED) is 0.677. The van der Waals surface area contributed by atoms with Crippen LogP contribution in [-0.2, 0) is 0 Å². The second kappa shape index (κ2) is 8.62. The molecule has 0 atom stereocenters. The molecule has 0 amide bonds. The molecule has 0 N–H and O–H groups in total. The Bertz CT molecular complexity index is 584. The predicted octanol–water partition coefficient (Wildman–Crippen LogP) is 2.98. The Labute approximate surface area is 140 Å². The van der Waals surface area contributed by atoms with E-state index in [-0.39, 0.29) is 0 Å². The lowest BCUT2D eigenvalue weighted by Crippen LogP contribution is -2.32. The van der Waals surface area contributed by atoms with E-state index in [9.17, 15) is 0 Å². The number of hydrogen-bond donors (Lipinski definition) is 0. The van der Waals surface area contributed by atoms with Crippen molar-refractivity contribution >= 4 is 23.2 Å². The summed E-state index contributed by atoms with van der Waals surface area (Å²) < 4.78 is 0. The van der Waals surface area contributed by atoms with Crippen LogP contribution >= 0.6 is 7.26 Å². The summed E-state index contributed by atoms with van der Waals surface area (Å²) in [5.74, 6) is 0. The van der Waals surface area contributed by atoms with Gasteiger partial charge >= 0.3 is 0 Å². The Hall–Kier alpha value is -1.95. The Morgan fingerprint density at radius 1 is 0.565 bits per heavy atom. The fraction of sp³-hybridized carbons (Fsp3) is 0.143. The summed E-state index contributed by atoms with van der Waals surface area (Å²) in [4.78, 5) is 0. The minimum Gasteiger partial charge on any atom is -0.857 e. The van der Waals surface area contributed by atoms with Gasteiger partial charge in [-0.3, -0.25) is 0 Å². The van der Waals surface area contributed by atoms with E-state index in [2.05, 4.69) is 97.9 Å². The van der Waals surface area contributed by atoms with Gasteiger partial charge in [0, 0.05) is 0 Å². The van der Waals surface area contributed by atoms with Crippen molar-refractivity contribution in [2.24, 2.45) is 0 Å². The van der Waals surface area contributed by atoms with Gasteiger partial charge in [0.2, 0.25) is 0 Å². The van der Waals surface area contributed by atoms with E-state index in [1.165, 1.54) is 15.9 Å². The standard InChI is InChI=1S/C20H20P.CH3O/c1-2-21(18-12-6-3-7-13-18,19-14-8-4-9-15-19)20-16-10-5-11-17-20;1-2/h3-17H,2H2,1H3;1H3/q+1;-1. The normalized spacial score (nSPS) is 10.6. The molecule has 0 radical (unpaired) electrons. The first kappa shape index (κ1) is 17.4. The molecule has 0 aliphatic rings. The maximum Gasteiger partial charge on any atom is 0.111 e. The minimum atomic E-state index is -1.53. The fourth-order valence-corrected chi connectivity index (χ4v) is 7.08. The van der Waals surface area contributed by atoms with Crippen molar-refractivity contribution < 1.29 is 5.11 Å². The summed E-state index contributed by atoms with van der Waals surface area (Å²) in [6.07, 6.45) is 1.14. The first-order valence-electron chi connectivity index (χ1n) is 7.83. The third-order valence-electron chi connectivity index (χ3n) is 4.07. The molecule has 1 nitrogen and oxygen atoms in total. The van der Waals surface area contributed by atoms with Gasteiger partial charge in [-0.25, -0.2) is 0 Å². The van der Waals surface area contributed by atoms with Crippen molar-refractivity contribution in [3.05, 3.63) is 91.0 Å². The second-order valence-electron chi connectivity index (χ2n) is 5.13. The van der Waals surface area contributed by atoms with Crippen LogP contribution in [0.4, 0.5) is 0 Å². The molecule has 23 heavy (non-hydrogen) atoms. The van der Waals surface area contributed by atoms with E-state index >= 15 is 0 Å². The van der Waals surface area contributed by atoms with Crippen molar-refractivity contribution in [1.29, 1.82) is 0 Å². The summed E-state index contributed by atoms with van der Waals surface area (Å²) in [6.45, 7) is 2.32. The SMILES string of the molecule is CC[P+](c1ccccc1)(c1ccccc1)c1ccccc1.C[O-]. The topological polar surface area (TPSA) is 23.1 Å². The maximum atomic E-state index is 8.25. The zero-order valence-corrected chi connectivity index (χ0v) is 14.6. The highest BCUT2D eigenvalue weighted by Gasteiger charge is 2.43. The predicted molar refractivity (Wildman–Crippen MR) is 102 cm³/mol. The highest BCUT2D eigenvalue weighted by Crippen LogP contribution is 2.54. The van der Waals surface area contributed by atoms with Crippen LogP contribution in [0.2, 0.25) is 0 Å². The van der Waals surface area contributed by atoms with Crippen LogP contribution in [0.15, 0.2) is 91.0 Å². The lowest BCUT2D eigenvalue weighted by Gasteiger charge is -2.26. The monoisotopic (exact) mass is 322 g/mol. The number of benzene rings is 3. The van der Waals surface area contributed by atoms with Crippen molar-refractivity contribution in [1.82, 2.24) is 0 Å². The molecule has 0 aliphatic carbocycles. The highest BCUT2D eigenvalue weighted by atomic mass is 31.2.